The molecule has 5 nitrogen and oxygen atoms in total. The minimum absolute atomic E-state index is 0.0197. The van der Waals surface area contributed by atoms with E-state index in [0.717, 1.165) is 42.9 Å². The van der Waals surface area contributed by atoms with Gasteiger partial charge in [-0.2, -0.15) is 5.26 Å². The van der Waals surface area contributed by atoms with E-state index in [1.54, 1.807) is 12.3 Å². The van der Waals surface area contributed by atoms with Crippen LogP contribution in [0.25, 0.3) is 0 Å². The molecule has 0 aliphatic carbocycles. The van der Waals surface area contributed by atoms with Crippen molar-refractivity contribution >= 4 is 29.0 Å². The maximum Gasteiger partial charge on any atom is 0.227 e. The van der Waals surface area contributed by atoms with Gasteiger partial charge in [0.1, 0.15) is 11.9 Å². The van der Waals surface area contributed by atoms with Crippen LogP contribution >= 0.6 is 11.6 Å². The molecular formula is C20H21ClN4O. The second-order valence-corrected chi connectivity index (χ2v) is 7.11. The summed E-state index contributed by atoms with van der Waals surface area (Å²) in [5.74, 6) is 0.827. The van der Waals surface area contributed by atoms with Gasteiger partial charge in [0.2, 0.25) is 5.91 Å². The van der Waals surface area contributed by atoms with Gasteiger partial charge in [-0.3, -0.25) is 4.79 Å². The van der Waals surface area contributed by atoms with Crippen molar-refractivity contribution in [3.05, 3.63) is 52.2 Å². The number of hydrogen-bond acceptors (Lipinski definition) is 4. The Hall–Kier alpha value is -2.58. The smallest absolute Gasteiger partial charge is 0.227 e. The third-order valence-corrected chi connectivity index (χ3v) is 5.04. The molecule has 1 aromatic heterocycles. The van der Waals surface area contributed by atoms with Gasteiger partial charge >= 0.3 is 0 Å². The fourth-order valence-corrected chi connectivity index (χ4v) is 3.68. The zero-order chi connectivity index (χ0) is 18.7. The number of pyridine rings is 1. The van der Waals surface area contributed by atoms with Crippen molar-refractivity contribution < 1.29 is 4.79 Å². The average Bonchev–Trinajstić information content (AvgIpc) is 2.64. The van der Waals surface area contributed by atoms with Gasteiger partial charge in [0.25, 0.3) is 0 Å². The molecule has 26 heavy (non-hydrogen) atoms. The normalized spacial score (nSPS) is 14.8. The maximum absolute atomic E-state index is 12.6. The number of amides is 1. The van der Waals surface area contributed by atoms with Gasteiger partial charge in [0.05, 0.1) is 16.3 Å². The molecule has 1 aliphatic heterocycles. The Balaban J connectivity index is 1.61. The number of aromatic nitrogens is 1. The van der Waals surface area contributed by atoms with Gasteiger partial charge in [0, 0.05) is 25.2 Å². The summed E-state index contributed by atoms with van der Waals surface area (Å²) >= 11 is 6.29. The van der Waals surface area contributed by atoms with Crippen LogP contribution in [0.3, 0.4) is 0 Å². The highest BCUT2D eigenvalue weighted by Crippen LogP contribution is 2.29. The molecule has 3 rings (SSSR count). The molecule has 1 N–H and O–H groups in total. The van der Waals surface area contributed by atoms with E-state index in [1.807, 2.05) is 32.0 Å². The minimum atomic E-state index is -0.0404. The second kappa shape index (κ2) is 7.76. The maximum atomic E-state index is 12.6. The Morgan fingerprint density at radius 3 is 2.62 bits per heavy atom. The highest BCUT2D eigenvalue weighted by atomic mass is 35.5. The highest BCUT2D eigenvalue weighted by Gasteiger charge is 2.26. The molecule has 0 atom stereocenters. The number of piperidine rings is 1. The van der Waals surface area contributed by atoms with Gasteiger partial charge in [-0.05, 0) is 56.0 Å². The minimum Gasteiger partial charge on any atom is -0.357 e. The lowest BCUT2D eigenvalue weighted by atomic mass is 9.95. The van der Waals surface area contributed by atoms with Crippen LogP contribution in [0.5, 0.6) is 0 Å². The number of hydrogen-bond donors (Lipinski definition) is 1. The lowest BCUT2D eigenvalue weighted by Crippen LogP contribution is -2.38. The van der Waals surface area contributed by atoms with Crippen molar-refractivity contribution in [3.63, 3.8) is 0 Å². The molecule has 1 saturated heterocycles. The number of carbonyl (C=O) groups is 1. The second-order valence-electron chi connectivity index (χ2n) is 6.71. The summed E-state index contributed by atoms with van der Waals surface area (Å²) in [4.78, 5) is 19.1. The van der Waals surface area contributed by atoms with Crippen molar-refractivity contribution in [3.8, 4) is 6.07 Å². The third kappa shape index (κ3) is 3.97. The van der Waals surface area contributed by atoms with Gasteiger partial charge in [-0.1, -0.05) is 17.7 Å². The number of nitriles is 1. The van der Waals surface area contributed by atoms with Crippen molar-refractivity contribution in [1.82, 2.24) is 4.98 Å². The molecule has 0 radical (unpaired) electrons. The molecule has 0 bridgehead atoms. The molecule has 1 fully saturated rings. The fourth-order valence-electron chi connectivity index (χ4n) is 3.31. The summed E-state index contributed by atoms with van der Waals surface area (Å²) in [6.45, 7) is 5.46. The molecule has 2 aromatic rings. The van der Waals surface area contributed by atoms with Crippen molar-refractivity contribution in [2.45, 2.75) is 26.7 Å². The molecule has 0 spiro atoms. The van der Waals surface area contributed by atoms with Crippen LogP contribution < -0.4 is 10.2 Å². The predicted octanol–water partition coefficient (Wildman–Crippen LogP) is 4.08. The first kappa shape index (κ1) is 18.2. The Labute approximate surface area is 158 Å². The number of carbonyl (C=O) groups excluding carboxylic acids is 1. The van der Waals surface area contributed by atoms with E-state index in [4.69, 9.17) is 16.9 Å². The first-order chi connectivity index (χ1) is 12.5. The molecule has 1 aliphatic rings. The summed E-state index contributed by atoms with van der Waals surface area (Å²) in [7, 11) is 0. The van der Waals surface area contributed by atoms with Crippen molar-refractivity contribution in [1.29, 1.82) is 5.26 Å². The standard InChI is InChI=1S/C20H21ClN4O/c1-13-9-14(2)19(17(21)10-13)24-20(26)16-5-7-25(8-6-16)18-4-3-15(11-22)12-23-18/h3-4,9-10,12,16H,5-8H2,1-2H3,(H,24,26). The summed E-state index contributed by atoms with van der Waals surface area (Å²) in [6.07, 6.45) is 3.10. The molecule has 2 heterocycles. The summed E-state index contributed by atoms with van der Waals surface area (Å²) in [6, 6.07) is 9.57. The lowest BCUT2D eigenvalue weighted by Gasteiger charge is -2.32. The van der Waals surface area contributed by atoms with Crippen molar-refractivity contribution in [2.24, 2.45) is 5.92 Å². The molecule has 134 valence electrons. The van der Waals surface area contributed by atoms with Crippen LogP contribution in [0, 0.1) is 31.1 Å². The third-order valence-electron chi connectivity index (χ3n) is 4.75. The Morgan fingerprint density at radius 1 is 1.31 bits per heavy atom. The number of nitrogens with one attached hydrogen (secondary N) is 1. The number of halogens is 1. The largest absolute Gasteiger partial charge is 0.357 e. The monoisotopic (exact) mass is 368 g/mol. The predicted molar refractivity (Wildman–Crippen MR) is 103 cm³/mol. The lowest BCUT2D eigenvalue weighted by molar-refractivity contribution is -0.120. The van der Waals surface area contributed by atoms with E-state index in [2.05, 4.69) is 21.3 Å². The van der Waals surface area contributed by atoms with Crippen LogP contribution in [0.15, 0.2) is 30.5 Å². The number of aryl methyl sites for hydroxylation is 2. The zero-order valence-corrected chi connectivity index (χ0v) is 15.7. The highest BCUT2D eigenvalue weighted by molar-refractivity contribution is 6.34. The Kier molecular flexibility index (Phi) is 5.43. The van der Waals surface area contributed by atoms with Crippen LogP contribution in [-0.4, -0.2) is 24.0 Å². The van der Waals surface area contributed by atoms with Crippen LogP contribution in [0.2, 0.25) is 5.02 Å². The average molecular weight is 369 g/mol. The van der Waals surface area contributed by atoms with E-state index in [-0.39, 0.29) is 11.8 Å². The Morgan fingerprint density at radius 2 is 2.04 bits per heavy atom. The molecule has 1 amide bonds. The quantitative estimate of drug-likeness (QED) is 0.886. The summed E-state index contributed by atoms with van der Waals surface area (Å²) < 4.78 is 0. The SMILES string of the molecule is Cc1cc(C)c(NC(=O)C2CCN(c3ccc(C#N)cn3)CC2)c(Cl)c1. The van der Waals surface area contributed by atoms with Gasteiger partial charge in [0.15, 0.2) is 0 Å². The topological polar surface area (TPSA) is 69.0 Å². The number of benzene rings is 1. The van der Waals surface area contributed by atoms with E-state index in [9.17, 15) is 4.79 Å². The molecule has 0 saturated carbocycles. The number of nitrogens with zero attached hydrogens (tertiary/aromatic N) is 3. The summed E-state index contributed by atoms with van der Waals surface area (Å²) in [5.41, 5.74) is 3.31. The first-order valence-corrected chi connectivity index (χ1v) is 9.04. The van der Waals surface area contributed by atoms with Crippen LogP contribution in [0.4, 0.5) is 11.5 Å². The molecular weight excluding hydrogens is 348 g/mol. The van der Waals surface area contributed by atoms with E-state index < -0.39 is 0 Å². The molecule has 0 unspecified atom stereocenters. The number of rotatable bonds is 3. The Bertz CT molecular complexity index is 826. The van der Waals surface area contributed by atoms with Gasteiger partial charge in [-0.25, -0.2) is 4.98 Å². The van der Waals surface area contributed by atoms with E-state index in [1.165, 1.54) is 0 Å². The van der Waals surface area contributed by atoms with E-state index >= 15 is 0 Å². The first-order valence-electron chi connectivity index (χ1n) is 8.66. The van der Waals surface area contributed by atoms with Gasteiger partial charge < -0.3 is 10.2 Å². The zero-order valence-electron chi connectivity index (χ0n) is 14.9. The number of anilines is 2. The van der Waals surface area contributed by atoms with Gasteiger partial charge in [-0.15, -0.1) is 0 Å². The molecule has 1 aromatic carbocycles. The molecule has 6 heteroatoms. The fraction of sp³-hybridized carbons (Fsp3) is 0.350. The van der Waals surface area contributed by atoms with Crippen molar-refractivity contribution in [2.75, 3.05) is 23.3 Å². The van der Waals surface area contributed by atoms with E-state index in [0.29, 0.717) is 16.3 Å². The van der Waals surface area contributed by atoms with Crippen LogP contribution in [0.1, 0.15) is 29.5 Å². The van der Waals surface area contributed by atoms with Crippen LogP contribution in [-0.2, 0) is 4.79 Å². The summed E-state index contributed by atoms with van der Waals surface area (Å²) in [5, 5.41) is 12.4.